The number of thiazole rings is 3. The zero-order valence-corrected chi connectivity index (χ0v) is 62.3. The second kappa shape index (κ2) is 34.5. The van der Waals surface area contributed by atoms with Crippen molar-refractivity contribution in [1.82, 2.24) is 54.8 Å². The smallest absolute Gasteiger partial charge is 0.234 e. The number of oxazole rings is 1. The van der Waals surface area contributed by atoms with Crippen molar-refractivity contribution in [2.45, 2.75) is 188 Å². The molecule has 4 N–H and O–H groups in total. The van der Waals surface area contributed by atoms with Gasteiger partial charge in [-0.2, -0.15) is 10.2 Å². The number of imidazole rings is 1. The van der Waals surface area contributed by atoms with E-state index in [0.29, 0.717) is 61.6 Å². The first-order valence-corrected chi connectivity index (χ1v) is 37.7. The molecule has 0 spiro atoms. The number of hydrogen-bond donors (Lipinski definition) is 4. The Morgan fingerprint density at radius 2 is 0.863 bits per heavy atom. The molecule has 3 aliphatic rings. The lowest BCUT2D eigenvalue weighted by Crippen LogP contribution is -2.44. The minimum atomic E-state index is -0.702. The Morgan fingerprint density at radius 1 is 0.500 bits per heavy atom. The van der Waals surface area contributed by atoms with E-state index in [1.165, 1.54) is 6.26 Å². The maximum absolute atomic E-state index is 13.5. The van der Waals surface area contributed by atoms with Crippen LogP contribution in [0.25, 0.3) is 31.3 Å². The van der Waals surface area contributed by atoms with E-state index in [1.54, 1.807) is 80.2 Å². The second-order valence-corrected chi connectivity index (χ2v) is 30.6. The standard InChI is InChI=1S/C26H32N4O3S.C26H30N4O3S.C26H31N3O4S/c1-15(2)23(25-27-12-16(3)29-25)26(33)30-13-20(31)11-21(30)22(32)10-7-18-5-8-19(9-6-18)24-17(4)28-14-34-24;1-16(2)24(21-5-4-12-28-29-21)26(33)30-14-20(31)13-22(30)23(32)11-8-18-6-9-19(10-7-18)25-17(3)27-15-34-25;1-15(2)24(21-13-33-17(4)28-21)26(32)29-12-20(30)11-22(29)23(31)10-7-18-5-8-19(9-6-18)25-16(3)27-14-34-25/h5-6,8-9,12,14-15,20-21,23,31H,7,10-11,13H2,1-4H3,(H,27,29);4-7,9-10,12,15-16,20,22,24,31H,8,11,13-14H2,1-3H3;5-6,8-9,13-15,20,22,24,30H,7,10-12H2,1-4H3/t20-,21+,23-;2*20-,22+,24-/m111/s1. The van der Waals surface area contributed by atoms with E-state index in [-0.39, 0.29) is 91.7 Å². The number of ketones is 3. The molecule has 9 atom stereocenters. The molecular weight excluding hydrogens is 1350 g/mol. The van der Waals surface area contributed by atoms with Crippen molar-refractivity contribution in [3.63, 3.8) is 0 Å². The zero-order chi connectivity index (χ0) is 73.1. The van der Waals surface area contributed by atoms with Gasteiger partial charge in [-0.05, 0) is 110 Å². The Hall–Kier alpha value is -8.65. The highest BCUT2D eigenvalue weighted by atomic mass is 32.1. The number of carbonyl (C=O) groups is 6. The summed E-state index contributed by atoms with van der Waals surface area (Å²) in [6, 6.07) is 26.3. The molecule has 3 saturated heterocycles. The van der Waals surface area contributed by atoms with Gasteiger partial charge in [-0.3, -0.25) is 28.8 Å². The van der Waals surface area contributed by atoms with Gasteiger partial charge in [-0.15, -0.1) is 34.0 Å². The molecule has 0 unspecified atom stereocenters. The first-order valence-electron chi connectivity index (χ1n) is 35.1. The normalized spacial score (nSPS) is 19.0. The summed E-state index contributed by atoms with van der Waals surface area (Å²) in [6.45, 7) is 21.9. The quantitative estimate of drug-likeness (QED) is 0.0437. The lowest BCUT2D eigenvalue weighted by Gasteiger charge is -2.29. The van der Waals surface area contributed by atoms with Crippen molar-refractivity contribution in [2.75, 3.05) is 19.6 Å². The number of nitrogens with one attached hydrogen (secondary N) is 1. The number of Topliss-reactive ketones (excluding diaryl/α,β-unsaturated/α-hetero) is 3. The van der Waals surface area contributed by atoms with Crippen LogP contribution in [-0.4, -0.2) is 161 Å². The number of likely N-dealkylation sites (tertiary alicyclic amines) is 3. The lowest BCUT2D eigenvalue weighted by atomic mass is 9.90. The fourth-order valence-corrected chi connectivity index (χ4v) is 16.4. The Labute approximate surface area is 608 Å². The maximum atomic E-state index is 13.5. The molecule has 24 heteroatoms. The highest BCUT2D eigenvalue weighted by Crippen LogP contribution is 2.36. The van der Waals surface area contributed by atoms with Crippen LogP contribution in [0.4, 0.5) is 0 Å². The fraction of sp³-hybridized carbons (Fsp3) is 0.449. The number of H-pyrrole nitrogens is 1. The Kier molecular flexibility index (Phi) is 25.7. The molecule has 0 bridgehead atoms. The minimum absolute atomic E-state index is 0.00671. The van der Waals surface area contributed by atoms with Crippen LogP contribution in [0.2, 0.25) is 0 Å². The van der Waals surface area contributed by atoms with E-state index in [2.05, 4.69) is 76.5 Å². The molecule has 3 amide bonds. The van der Waals surface area contributed by atoms with Crippen LogP contribution in [0.3, 0.4) is 0 Å². The third-order valence-electron chi connectivity index (χ3n) is 19.3. The van der Waals surface area contributed by atoms with Gasteiger partial charge in [0.05, 0.1) is 114 Å². The van der Waals surface area contributed by atoms with Gasteiger partial charge in [-0.1, -0.05) is 114 Å². The Balaban J connectivity index is 0.000000165. The van der Waals surface area contributed by atoms with E-state index in [9.17, 15) is 44.1 Å². The van der Waals surface area contributed by atoms with E-state index in [0.717, 1.165) is 70.8 Å². The highest BCUT2D eigenvalue weighted by Gasteiger charge is 2.45. The average molecular weight is 1440 g/mol. The van der Waals surface area contributed by atoms with Gasteiger partial charge < -0.3 is 39.4 Å². The summed E-state index contributed by atoms with van der Waals surface area (Å²) in [7, 11) is 0. The molecule has 3 aromatic carbocycles. The van der Waals surface area contributed by atoms with E-state index < -0.39 is 54.2 Å². The van der Waals surface area contributed by atoms with Crippen molar-refractivity contribution in [2.24, 2.45) is 17.8 Å². The number of hydrogen-bond acceptors (Lipinski definition) is 20. The summed E-state index contributed by atoms with van der Waals surface area (Å²) < 4.78 is 5.33. The third kappa shape index (κ3) is 18.6. The predicted molar refractivity (Wildman–Crippen MR) is 395 cm³/mol. The molecule has 102 heavy (non-hydrogen) atoms. The first kappa shape index (κ1) is 76.0. The molecule has 9 aromatic rings. The molecule has 0 saturated carbocycles. The Morgan fingerprint density at radius 3 is 1.16 bits per heavy atom. The molecule has 3 aliphatic heterocycles. The SMILES string of the molecule is Cc1cnc([C@H](C(=O)N2C[C@H](O)C[C@H]2C(=O)CCc2ccc(-c3scnc3C)cc2)C(C)C)[nH]1.Cc1nc([C@H](C(=O)N2C[C@H](O)C[C@H]2C(=O)CCc2ccc(-c3scnc3C)cc2)C(C)C)co1.Cc1ncsc1-c1ccc(CCC(=O)[C@@H]2C[C@@H](O)CN2C(=O)[C@@H](c2cccnn2)C(C)C)cc1. The van der Waals surface area contributed by atoms with Crippen molar-refractivity contribution in [3.8, 4) is 31.3 Å². The number of aliphatic hydroxyl groups is 3. The summed E-state index contributed by atoms with van der Waals surface area (Å²) >= 11 is 4.85. The highest BCUT2D eigenvalue weighted by molar-refractivity contribution is 7.14. The topological polar surface area (TPSA) is 292 Å². The molecule has 12 rings (SSSR count). The van der Waals surface area contributed by atoms with Crippen molar-refractivity contribution < 1.29 is 48.5 Å². The van der Waals surface area contributed by atoms with E-state index in [4.69, 9.17) is 4.42 Å². The van der Waals surface area contributed by atoms with Crippen LogP contribution in [0, 0.1) is 52.4 Å². The zero-order valence-electron chi connectivity index (χ0n) is 59.9. The van der Waals surface area contributed by atoms with Crippen LogP contribution >= 0.6 is 34.0 Å². The molecule has 0 radical (unpaired) electrons. The van der Waals surface area contributed by atoms with Gasteiger partial charge in [0.1, 0.15) is 12.1 Å². The third-order valence-corrected chi connectivity index (χ3v) is 22.3. The minimum Gasteiger partial charge on any atom is -0.449 e. The molecule has 538 valence electrons. The number of rotatable bonds is 24. The van der Waals surface area contributed by atoms with Gasteiger partial charge >= 0.3 is 0 Å². The van der Waals surface area contributed by atoms with Gasteiger partial charge in [0.2, 0.25) is 17.7 Å². The number of benzene rings is 3. The molecular formula is C78H93N11O10S3. The van der Waals surface area contributed by atoms with Crippen molar-refractivity contribution in [1.29, 1.82) is 0 Å². The average Bonchev–Trinajstić information content (AvgIpc) is 1.69. The molecule has 21 nitrogen and oxygen atoms in total. The maximum Gasteiger partial charge on any atom is 0.234 e. The molecule has 9 heterocycles. The van der Waals surface area contributed by atoms with Crippen molar-refractivity contribution >= 4 is 69.1 Å². The monoisotopic (exact) mass is 1440 g/mol. The van der Waals surface area contributed by atoms with Crippen LogP contribution in [0.5, 0.6) is 0 Å². The number of nitrogens with zero attached hydrogens (tertiary/aromatic N) is 10. The molecule has 3 fully saturated rings. The number of aromatic amines is 1. The van der Waals surface area contributed by atoms with Crippen LogP contribution in [0.1, 0.15) is 160 Å². The number of amides is 3. The Bertz CT molecular complexity index is 4110. The fourth-order valence-electron chi connectivity index (χ4n) is 13.9. The van der Waals surface area contributed by atoms with Crippen molar-refractivity contribution in [3.05, 3.63) is 183 Å². The summed E-state index contributed by atoms with van der Waals surface area (Å²) in [6.07, 6.45) is 6.28. The molecule has 0 aliphatic carbocycles. The number of aliphatic hydroxyl groups excluding tert-OH is 3. The predicted octanol–water partition coefficient (Wildman–Crippen LogP) is 12.2. The summed E-state index contributed by atoms with van der Waals surface area (Å²) in [5.41, 5.74) is 17.2. The number of β-amino-alcohol motifs (C(OH)–C–C–N with tert-alkyl or cyclic N) is 3. The molecule has 6 aromatic heterocycles. The van der Waals surface area contributed by atoms with Crippen LogP contribution in [0.15, 0.2) is 125 Å². The van der Waals surface area contributed by atoms with Gasteiger partial charge in [-0.25, -0.2) is 24.9 Å². The van der Waals surface area contributed by atoms with Crippen LogP contribution < -0.4 is 0 Å². The summed E-state index contributed by atoms with van der Waals surface area (Å²) in [4.78, 5) is 113. The summed E-state index contributed by atoms with van der Waals surface area (Å²) in [5.74, 6) is -0.960. The largest absolute Gasteiger partial charge is 0.449 e. The first-order chi connectivity index (χ1) is 48.8. The number of aromatic nitrogens is 8. The number of carbonyl (C=O) groups excluding carboxylic acids is 6. The van der Waals surface area contributed by atoms with Gasteiger partial charge in [0.15, 0.2) is 23.2 Å². The second-order valence-electron chi connectivity index (χ2n) is 28.0. The van der Waals surface area contributed by atoms with Crippen LogP contribution in [-0.2, 0) is 48.0 Å². The summed E-state index contributed by atoms with van der Waals surface area (Å²) in [5, 5.41) is 39.0. The number of aryl methyl sites for hydroxylation is 8. The van der Waals surface area contributed by atoms with E-state index in [1.807, 2.05) is 122 Å². The lowest BCUT2D eigenvalue weighted by molar-refractivity contribution is -0.140. The van der Waals surface area contributed by atoms with Gasteiger partial charge in [0, 0.05) is 83.2 Å². The van der Waals surface area contributed by atoms with E-state index >= 15 is 0 Å². The van der Waals surface area contributed by atoms with Gasteiger partial charge in [0.25, 0.3) is 0 Å².